The molecule has 3 aromatic carbocycles. The van der Waals surface area contributed by atoms with Gasteiger partial charge in [0.1, 0.15) is 5.60 Å². The Balaban J connectivity index is 1.61. The van der Waals surface area contributed by atoms with E-state index in [4.69, 9.17) is 14.6 Å². The Morgan fingerprint density at radius 3 is 1.72 bits per heavy atom. The van der Waals surface area contributed by atoms with Crippen molar-refractivity contribution in [1.29, 1.82) is 0 Å². The molecule has 0 aromatic heterocycles. The van der Waals surface area contributed by atoms with Gasteiger partial charge in [0.2, 0.25) is 0 Å². The van der Waals surface area contributed by atoms with E-state index in [1.165, 1.54) is 0 Å². The van der Waals surface area contributed by atoms with E-state index >= 15 is 0 Å². The maximum atomic E-state index is 10.0. The van der Waals surface area contributed by atoms with Crippen molar-refractivity contribution in [3.05, 3.63) is 108 Å². The normalized spacial score (nSPS) is 19.7. The number of aliphatic hydroxyl groups is 2. The molecule has 1 saturated heterocycles. The Kier molecular flexibility index (Phi) is 7.72. The first kappa shape index (κ1) is 22.7. The second-order valence-corrected chi connectivity index (χ2v) is 8.45. The summed E-state index contributed by atoms with van der Waals surface area (Å²) in [7, 11) is 0. The van der Waals surface area contributed by atoms with Gasteiger partial charge in [-0.25, -0.2) is 0 Å². The fraction of sp³-hybridized carbons (Fsp3) is 0.357. The van der Waals surface area contributed by atoms with Crippen LogP contribution in [0.4, 0.5) is 0 Å². The molecule has 2 N–H and O–H groups in total. The zero-order valence-electron chi connectivity index (χ0n) is 18.3. The smallest absolute Gasteiger partial charge is 0.143 e. The van der Waals surface area contributed by atoms with Gasteiger partial charge in [-0.3, -0.25) is 0 Å². The number of rotatable bonds is 10. The SMILES string of the molecule is OCCC(O)CC1CCC(COC(c2ccccc2)(c2ccccc2)c2ccccc2)O1. The molecule has 0 saturated carbocycles. The molecule has 3 atom stereocenters. The summed E-state index contributed by atoms with van der Waals surface area (Å²) in [4.78, 5) is 0. The van der Waals surface area contributed by atoms with Gasteiger partial charge in [-0.05, 0) is 42.4 Å². The monoisotopic (exact) mass is 432 g/mol. The van der Waals surface area contributed by atoms with Crippen molar-refractivity contribution >= 4 is 0 Å². The zero-order valence-corrected chi connectivity index (χ0v) is 18.3. The van der Waals surface area contributed by atoms with E-state index in [2.05, 4.69) is 36.4 Å². The van der Waals surface area contributed by atoms with Crippen LogP contribution in [0, 0.1) is 0 Å². The van der Waals surface area contributed by atoms with Crippen LogP contribution in [0.25, 0.3) is 0 Å². The van der Waals surface area contributed by atoms with Crippen molar-refractivity contribution in [1.82, 2.24) is 0 Å². The van der Waals surface area contributed by atoms with Crippen molar-refractivity contribution in [3.63, 3.8) is 0 Å². The second-order valence-electron chi connectivity index (χ2n) is 8.45. The summed E-state index contributed by atoms with van der Waals surface area (Å²) < 4.78 is 13.1. The van der Waals surface area contributed by atoms with E-state index in [9.17, 15) is 5.11 Å². The van der Waals surface area contributed by atoms with Gasteiger partial charge in [0.25, 0.3) is 0 Å². The molecule has 3 aromatic rings. The molecule has 4 nitrogen and oxygen atoms in total. The Morgan fingerprint density at radius 1 is 0.781 bits per heavy atom. The molecule has 0 bridgehead atoms. The molecule has 1 heterocycles. The van der Waals surface area contributed by atoms with Crippen molar-refractivity contribution in [2.45, 2.75) is 49.6 Å². The predicted molar refractivity (Wildman–Crippen MR) is 125 cm³/mol. The summed E-state index contributed by atoms with van der Waals surface area (Å²) in [6, 6.07) is 31.0. The van der Waals surface area contributed by atoms with Crippen molar-refractivity contribution in [3.8, 4) is 0 Å². The minimum Gasteiger partial charge on any atom is -0.396 e. The Morgan fingerprint density at radius 2 is 1.25 bits per heavy atom. The molecule has 0 spiro atoms. The molecule has 0 radical (unpaired) electrons. The maximum absolute atomic E-state index is 10.0. The van der Waals surface area contributed by atoms with Gasteiger partial charge < -0.3 is 19.7 Å². The van der Waals surface area contributed by atoms with Crippen molar-refractivity contribution in [2.24, 2.45) is 0 Å². The Labute approximate surface area is 190 Å². The first-order valence-electron chi connectivity index (χ1n) is 11.5. The third kappa shape index (κ3) is 5.11. The number of ether oxygens (including phenoxy) is 2. The molecule has 1 aliphatic rings. The van der Waals surface area contributed by atoms with Crippen LogP contribution >= 0.6 is 0 Å². The van der Waals surface area contributed by atoms with Gasteiger partial charge in [-0.2, -0.15) is 0 Å². The summed E-state index contributed by atoms with van der Waals surface area (Å²) >= 11 is 0. The van der Waals surface area contributed by atoms with Crippen LogP contribution in [0.15, 0.2) is 91.0 Å². The molecule has 32 heavy (non-hydrogen) atoms. The third-order valence-electron chi connectivity index (χ3n) is 6.22. The first-order valence-corrected chi connectivity index (χ1v) is 11.5. The van der Waals surface area contributed by atoms with Crippen LogP contribution in [-0.2, 0) is 15.1 Å². The zero-order chi connectivity index (χ0) is 22.2. The lowest BCUT2D eigenvalue weighted by atomic mass is 9.80. The minimum atomic E-state index is -0.748. The minimum absolute atomic E-state index is 0.00438. The van der Waals surface area contributed by atoms with Gasteiger partial charge in [0.05, 0.1) is 24.9 Å². The molecular weight excluding hydrogens is 400 g/mol. The topological polar surface area (TPSA) is 58.9 Å². The van der Waals surface area contributed by atoms with Crippen LogP contribution in [0.3, 0.4) is 0 Å². The Hall–Kier alpha value is -2.50. The summed E-state index contributed by atoms with van der Waals surface area (Å²) in [5.41, 5.74) is 2.47. The highest BCUT2D eigenvalue weighted by molar-refractivity contribution is 5.47. The van der Waals surface area contributed by atoms with E-state index in [1.54, 1.807) is 0 Å². The largest absolute Gasteiger partial charge is 0.396 e. The first-order chi connectivity index (χ1) is 15.7. The van der Waals surface area contributed by atoms with E-state index < -0.39 is 11.7 Å². The molecule has 1 fully saturated rings. The lowest BCUT2D eigenvalue weighted by Gasteiger charge is -2.36. The number of hydrogen-bond donors (Lipinski definition) is 2. The van der Waals surface area contributed by atoms with Crippen LogP contribution in [-0.4, -0.2) is 41.7 Å². The van der Waals surface area contributed by atoms with Gasteiger partial charge >= 0.3 is 0 Å². The van der Waals surface area contributed by atoms with Gasteiger partial charge in [0, 0.05) is 6.61 Å². The second kappa shape index (κ2) is 10.9. The van der Waals surface area contributed by atoms with Gasteiger partial charge in [0.15, 0.2) is 0 Å². The van der Waals surface area contributed by atoms with E-state index in [0.29, 0.717) is 19.4 Å². The molecule has 1 aliphatic heterocycles. The fourth-order valence-corrected chi connectivity index (χ4v) is 4.63. The van der Waals surface area contributed by atoms with Crippen LogP contribution in [0.2, 0.25) is 0 Å². The quantitative estimate of drug-likeness (QED) is 0.457. The third-order valence-corrected chi connectivity index (χ3v) is 6.22. The lowest BCUT2D eigenvalue weighted by Crippen LogP contribution is -2.36. The molecule has 0 amide bonds. The number of hydrogen-bond acceptors (Lipinski definition) is 4. The molecule has 3 unspecified atom stereocenters. The summed E-state index contributed by atoms with van der Waals surface area (Å²) in [6.07, 6.45) is 2.18. The molecule has 4 rings (SSSR count). The highest BCUT2D eigenvalue weighted by Gasteiger charge is 2.39. The molecule has 4 heteroatoms. The summed E-state index contributed by atoms with van der Waals surface area (Å²) in [5.74, 6) is 0. The lowest BCUT2D eigenvalue weighted by molar-refractivity contribution is -0.0688. The van der Waals surface area contributed by atoms with Crippen LogP contribution in [0.5, 0.6) is 0 Å². The van der Waals surface area contributed by atoms with Crippen molar-refractivity contribution < 1.29 is 19.7 Å². The Bertz CT molecular complexity index is 833. The van der Waals surface area contributed by atoms with E-state index in [0.717, 1.165) is 29.5 Å². The van der Waals surface area contributed by atoms with Crippen molar-refractivity contribution in [2.75, 3.05) is 13.2 Å². The van der Waals surface area contributed by atoms with Gasteiger partial charge in [-0.15, -0.1) is 0 Å². The fourth-order valence-electron chi connectivity index (χ4n) is 4.63. The average Bonchev–Trinajstić information content (AvgIpc) is 3.29. The van der Waals surface area contributed by atoms with Gasteiger partial charge in [-0.1, -0.05) is 91.0 Å². The van der Waals surface area contributed by atoms with E-state index in [-0.39, 0.29) is 18.8 Å². The predicted octanol–water partition coefficient (Wildman–Crippen LogP) is 4.68. The summed E-state index contributed by atoms with van der Waals surface area (Å²) in [5, 5.41) is 19.1. The highest BCUT2D eigenvalue weighted by atomic mass is 16.6. The summed E-state index contributed by atoms with van der Waals surface area (Å²) in [6.45, 7) is 0.444. The van der Waals surface area contributed by atoms with Crippen LogP contribution in [0.1, 0.15) is 42.4 Å². The van der Waals surface area contributed by atoms with E-state index in [1.807, 2.05) is 54.6 Å². The molecule has 168 valence electrons. The number of benzene rings is 3. The number of aliphatic hydroxyl groups excluding tert-OH is 2. The highest BCUT2D eigenvalue weighted by Crippen LogP contribution is 2.41. The molecular formula is C28H32O4. The molecule has 0 aliphatic carbocycles. The van der Waals surface area contributed by atoms with Crippen LogP contribution < -0.4 is 0 Å². The standard InChI is InChI=1S/C28H32O4/c29-19-18-25(30)20-26-16-17-27(32-26)21-31-28(22-10-4-1-5-11-22,23-12-6-2-7-13-23)24-14-8-3-9-15-24/h1-15,25-27,29-30H,16-21H2. The average molecular weight is 433 g/mol. The maximum Gasteiger partial charge on any atom is 0.143 e.